The number of benzene rings is 3. The maximum absolute atomic E-state index is 12.8. The first kappa shape index (κ1) is 30.7. The Morgan fingerprint density at radius 2 is 1.55 bits per heavy atom. The van der Waals surface area contributed by atoms with E-state index < -0.39 is 6.10 Å². The average Bonchev–Trinajstić information content (AvgIpc) is 3.37. The number of aryl methyl sites for hydroxylation is 2. The highest BCUT2D eigenvalue weighted by Gasteiger charge is 2.13. The van der Waals surface area contributed by atoms with E-state index in [4.69, 9.17) is 0 Å². The highest BCUT2D eigenvalue weighted by atomic mass is 16.3. The van der Waals surface area contributed by atoms with E-state index in [1.807, 2.05) is 54.6 Å². The van der Waals surface area contributed by atoms with Crippen molar-refractivity contribution >= 4 is 5.91 Å². The van der Waals surface area contributed by atoms with Crippen molar-refractivity contribution in [1.82, 2.24) is 20.2 Å². The summed E-state index contributed by atoms with van der Waals surface area (Å²) in [5.41, 5.74) is 8.17. The smallest absolute Gasteiger partial charge is 0.224 e. The van der Waals surface area contributed by atoms with Crippen molar-refractivity contribution in [3.8, 4) is 22.7 Å². The maximum Gasteiger partial charge on any atom is 0.224 e. The van der Waals surface area contributed by atoms with Crippen LogP contribution >= 0.6 is 0 Å². The van der Waals surface area contributed by atoms with Gasteiger partial charge < -0.3 is 25.4 Å². The predicted octanol–water partition coefficient (Wildman–Crippen LogP) is 5.97. The first-order valence-corrected chi connectivity index (χ1v) is 15.0. The normalized spacial score (nSPS) is 12.5. The number of aliphatic hydroxyl groups excluding tert-OH is 1. The van der Waals surface area contributed by atoms with Gasteiger partial charge in [-0.2, -0.15) is 0 Å². The van der Waals surface area contributed by atoms with Gasteiger partial charge >= 0.3 is 0 Å². The second kappa shape index (κ2) is 14.2. The lowest BCUT2D eigenvalue weighted by Gasteiger charge is -2.18. The Morgan fingerprint density at radius 3 is 2.27 bits per heavy atom. The molecule has 0 unspecified atom stereocenters. The van der Waals surface area contributed by atoms with Gasteiger partial charge in [-0.05, 0) is 91.4 Å². The summed E-state index contributed by atoms with van der Waals surface area (Å²) in [5, 5.41) is 26.8. The number of hydrogen-bond donors (Lipinski definition) is 4. The molecule has 1 amide bonds. The molecule has 0 saturated carbocycles. The molecule has 5 aromatic rings. The fourth-order valence-corrected chi connectivity index (χ4v) is 5.44. The number of nitrogens with one attached hydrogen (secondary N) is 2. The van der Waals surface area contributed by atoms with Gasteiger partial charge in [0.2, 0.25) is 5.91 Å². The van der Waals surface area contributed by atoms with Crippen LogP contribution in [0.4, 0.5) is 0 Å². The zero-order valence-corrected chi connectivity index (χ0v) is 25.5. The van der Waals surface area contributed by atoms with Crippen molar-refractivity contribution in [3.05, 3.63) is 137 Å². The Morgan fingerprint density at radius 1 is 0.841 bits per heavy atom. The molecule has 7 nitrogen and oxygen atoms in total. The van der Waals surface area contributed by atoms with Crippen molar-refractivity contribution in [2.45, 2.75) is 52.3 Å². The third kappa shape index (κ3) is 8.01. The molecule has 0 saturated heterocycles. The second-order valence-corrected chi connectivity index (χ2v) is 11.5. The van der Waals surface area contributed by atoms with Gasteiger partial charge in [0, 0.05) is 42.3 Å². The van der Waals surface area contributed by atoms with Gasteiger partial charge in [0.1, 0.15) is 11.6 Å². The van der Waals surface area contributed by atoms with Crippen molar-refractivity contribution in [2.75, 3.05) is 6.54 Å². The minimum atomic E-state index is -0.664. The van der Waals surface area contributed by atoms with E-state index in [9.17, 15) is 15.0 Å². The fourth-order valence-electron chi connectivity index (χ4n) is 5.44. The molecular formula is C37H40N4O3. The van der Waals surface area contributed by atoms with Crippen molar-refractivity contribution in [1.29, 1.82) is 0 Å². The van der Waals surface area contributed by atoms with Crippen molar-refractivity contribution in [2.24, 2.45) is 0 Å². The summed E-state index contributed by atoms with van der Waals surface area (Å²) in [6, 6.07) is 31.4. The van der Waals surface area contributed by atoms with Gasteiger partial charge in [0.25, 0.3) is 0 Å². The Balaban J connectivity index is 1.09. The summed E-state index contributed by atoms with van der Waals surface area (Å²) in [6.45, 7) is 7.06. The summed E-state index contributed by atoms with van der Waals surface area (Å²) in [6.07, 6.45) is 2.15. The van der Waals surface area contributed by atoms with Gasteiger partial charge in [0.05, 0.1) is 12.5 Å². The van der Waals surface area contributed by atoms with E-state index >= 15 is 0 Å². The molecule has 44 heavy (non-hydrogen) atoms. The van der Waals surface area contributed by atoms with Crippen LogP contribution in [0.5, 0.6) is 5.75 Å². The lowest BCUT2D eigenvalue weighted by Crippen LogP contribution is -2.32. The summed E-state index contributed by atoms with van der Waals surface area (Å²) in [7, 11) is 0. The van der Waals surface area contributed by atoms with Crippen molar-refractivity contribution < 1.29 is 15.0 Å². The van der Waals surface area contributed by atoms with Gasteiger partial charge in [-0.25, -0.2) is 4.98 Å². The Kier molecular flexibility index (Phi) is 9.89. The third-order valence-electron chi connectivity index (χ3n) is 7.83. The molecule has 0 aliphatic heterocycles. The molecular weight excluding hydrogens is 548 g/mol. The molecule has 0 spiro atoms. The SMILES string of the molecule is Cc1ccc(C)n1-c1ccc([C@@H](O)CN[C@H](C)Cc2cccc(CC(=O)NCc3cccc(-c4ccc(O)cc4)c3)c2)cn1. The average molecular weight is 589 g/mol. The maximum atomic E-state index is 12.8. The van der Waals surface area contributed by atoms with E-state index in [0.717, 1.165) is 57.0 Å². The number of hydrogen-bond acceptors (Lipinski definition) is 5. The number of carbonyl (C=O) groups excluding carboxylic acids is 1. The molecule has 0 aliphatic carbocycles. The number of aliphatic hydroxyl groups is 1. The Hall–Kier alpha value is -4.72. The van der Waals surface area contributed by atoms with E-state index in [2.05, 4.69) is 71.3 Å². The molecule has 0 fully saturated rings. The molecule has 2 aromatic heterocycles. The molecule has 226 valence electrons. The predicted molar refractivity (Wildman–Crippen MR) is 175 cm³/mol. The fraction of sp³-hybridized carbons (Fsp3) is 0.243. The van der Waals surface area contributed by atoms with Gasteiger partial charge in [-0.15, -0.1) is 0 Å². The van der Waals surface area contributed by atoms with Crippen LogP contribution in [-0.4, -0.2) is 38.3 Å². The van der Waals surface area contributed by atoms with Crippen LogP contribution < -0.4 is 10.6 Å². The van der Waals surface area contributed by atoms with E-state index in [-0.39, 0.29) is 17.7 Å². The molecule has 0 aliphatic rings. The molecule has 5 rings (SSSR count). The monoisotopic (exact) mass is 588 g/mol. The summed E-state index contributed by atoms with van der Waals surface area (Å²) in [4.78, 5) is 17.3. The second-order valence-electron chi connectivity index (χ2n) is 11.5. The lowest BCUT2D eigenvalue weighted by molar-refractivity contribution is -0.120. The van der Waals surface area contributed by atoms with Gasteiger partial charge in [-0.1, -0.05) is 60.7 Å². The van der Waals surface area contributed by atoms with E-state index in [1.54, 1.807) is 18.3 Å². The van der Waals surface area contributed by atoms with Crippen LogP contribution in [0.3, 0.4) is 0 Å². The summed E-state index contributed by atoms with van der Waals surface area (Å²) >= 11 is 0. The molecule has 0 bridgehead atoms. The molecule has 2 heterocycles. The number of aromatic hydroxyl groups is 1. The summed E-state index contributed by atoms with van der Waals surface area (Å²) < 4.78 is 2.09. The van der Waals surface area contributed by atoms with E-state index in [1.165, 1.54) is 0 Å². The third-order valence-corrected chi connectivity index (χ3v) is 7.83. The number of amides is 1. The Labute approximate surface area is 259 Å². The van der Waals surface area contributed by atoms with Gasteiger partial charge in [-0.3, -0.25) is 4.79 Å². The first-order valence-electron chi connectivity index (χ1n) is 15.0. The minimum absolute atomic E-state index is 0.0341. The number of phenols is 1. The van der Waals surface area contributed by atoms with Crippen LogP contribution in [-0.2, 0) is 24.2 Å². The zero-order chi connectivity index (χ0) is 31.1. The van der Waals surface area contributed by atoms with Gasteiger partial charge in [0.15, 0.2) is 0 Å². The van der Waals surface area contributed by atoms with Crippen LogP contribution in [0, 0.1) is 13.8 Å². The molecule has 0 radical (unpaired) electrons. The number of carbonyl (C=O) groups is 1. The van der Waals surface area contributed by atoms with Crippen LogP contribution in [0.15, 0.2) is 103 Å². The first-order chi connectivity index (χ1) is 21.2. The van der Waals surface area contributed by atoms with Crippen molar-refractivity contribution in [3.63, 3.8) is 0 Å². The van der Waals surface area contributed by atoms with Crippen LogP contribution in [0.1, 0.15) is 46.7 Å². The molecule has 2 atom stereocenters. The number of phenolic OH excluding ortho intramolecular Hbond substituents is 1. The largest absolute Gasteiger partial charge is 0.508 e. The molecule has 4 N–H and O–H groups in total. The minimum Gasteiger partial charge on any atom is -0.508 e. The highest BCUT2D eigenvalue weighted by molar-refractivity contribution is 5.78. The quantitative estimate of drug-likeness (QED) is 0.144. The molecule has 7 heteroatoms. The topological polar surface area (TPSA) is 99.4 Å². The standard InChI is InChI=1S/C37H40N4O3/c1-25(38-24-35(43)33-14-17-36(39-23-33)41-26(2)10-11-27(41)3)18-28-6-4-7-29(19-28)21-37(44)40-22-30-8-5-9-32(20-30)31-12-15-34(42)16-13-31/h4-17,19-20,23,25,35,38,42-43H,18,21-22,24H2,1-3H3,(H,40,44)/t25-,35+/m1/s1. The number of pyridine rings is 1. The zero-order valence-electron chi connectivity index (χ0n) is 25.5. The Bertz CT molecular complexity index is 1670. The number of rotatable bonds is 12. The lowest BCUT2D eigenvalue weighted by atomic mass is 10.0. The summed E-state index contributed by atoms with van der Waals surface area (Å²) in [5.74, 6) is 1.04. The number of aromatic nitrogens is 2. The number of nitrogens with zero attached hydrogens (tertiary/aromatic N) is 2. The van der Waals surface area contributed by atoms with Crippen LogP contribution in [0.2, 0.25) is 0 Å². The molecule has 3 aromatic carbocycles. The highest BCUT2D eigenvalue weighted by Crippen LogP contribution is 2.23. The van der Waals surface area contributed by atoms with Crippen LogP contribution in [0.25, 0.3) is 16.9 Å². The van der Waals surface area contributed by atoms with E-state index in [0.29, 0.717) is 19.5 Å².